The number of hydrogen-bond donors (Lipinski definition) is 5. The van der Waals surface area contributed by atoms with Crippen molar-refractivity contribution < 1.29 is 4.79 Å². The number of nitrogens with two attached hydrogens (primary N) is 1. The SMILES string of the molecule is CCCCCCCCCCCCCCCCNC(=O)NCCCCNC(=N)N. The quantitative estimate of drug-likeness (QED) is 0.113. The second-order valence-corrected chi connectivity index (χ2v) is 7.83. The van der Waals surface area contributed by atoms with Gasteiger partial charge in [0, 0.05) is 19.6 Å². The lowest BCUT2D eigenvalue weighted by molar-refractivity contribution is 0.240. The number of carbonyl (C=O) groups is 1. The monoisotopic (exact) mass is 397 g/mol. The third-order valence-electron chi connectivity index (χ3n) is 5.02. The van der Waals surface area contributed by atoms with Crippen LogP contribution >= 0.6 is 0 Å². The molecule has 0 bridgehead atoms. The molecular weight excluding hydrogens is 350 g/mol. The van der Waals surface area contributed by atoms with Gasteiger partial charge in [-0.3, -0.25) is 5.41 Å². The molecule has 0 aromatic heterocycles. The van der Waals surface area contributed by atoms with Crippen LogP contribution in [-0.4, -0.2) is 31.6 Å². The number of urea groups is 1. The first-order chi connectivity index (χ1) is 13.7. The van der Waals surface area contributed by atoms with Crippen molar-refractivity contribution in [2.45, 2.75) is 110 Å². The molecule has 0 spiro atoms. The minimum Gasteiger partial charge on any atom is -0.370 e. The van der Waals surface area contributed by atoms with E-state index >= 15 is 0 Å². The normalized spacial score (nSPS) is 10.6. The Hall–Kier alpha value is -1.46. The molecule has 0 radical (unpaired) electrons. The van der Waals surface area contributed by atoms with E-state index in [9.17, 15) is 4.79 Å². The summed E-state index contributed by atoms with van der Waals surface area (Å²) in [7, 11) is 0. The van der Waals surface area contributed by atoms with Crippen molar-refractivity contribution in [3.8, 4) is 0 Å². The molecule has 2 amide bonds. The van der Waals surface area contributed by atoms with Gasteiger partial charge in [-0.05, 0) is 19.3 Å². The molecule has 6 N–H and O–H groups in total. The summed E-state index contributed by atoms with van der Waals surface area (Å²) < 4.78 is 0. The largest absolute Gasteiger partial charge is 0.370 e. The zero-order chi connectivity index (χ0) is 20.7. The van der Waals surface area contributed by atoms with Crippen LogP contribution in [0.5, 0.6) is 0 Å². The average molecular weight is 398 g/mol. The third-order valence-corrected chi connectivity index (χ3v) is 5.02. The molecule has 0 aliphatic rings. The lowest BCUT2D eigenvalue weighted by Gasteiger charge is -2.08. The molecule has 0 saturated heterocycles. The summed E-state index contributed by atoms with van der Waals surface area (Å²) >= 11 is 0. The second-order valence-electron chi connectivity index (χ2n) is 7.83. The van der Waals surface area contributed by atoms with Crippen LogP contribution in [0.3, 0.4) is 0 Å². The molecule has 0 aromatic carbocycles. The van der Waals surface area contributed by atoms with E-state index in [1.807, 2.05) is 0 Å². The molecule has 0 saturated carbocycles. The Morgan fingerprint density at radius 3 is 1.32 bits per heavy atom. The summed E-state index contributed by atoms with van der Waals surface area (Å²) in [5.41, 5.74) is 5.20. The summed E-state index contributed by atoms with van der Waals surface area (Å²) in [6, 6.07) is -0.0748. The fourth-order valence-electron chi connectivity index (χ4n) is 3.26. The summed E-state index contributed by atoms with van der Waals surface area (Å²) in [5.74, 6) is -0.00105. The molecule has 0 rings (SSSR count). The summed E-state index contributed by atoms with van der Waals surface area (Å²) in [6.45, 7) is 4.37. The number of unbranched alkanes of at least 4 members (excludes halogenated alkanes) is 14. The first kappa shape index (κ1) is 26.5. The van der Waals surface area contributed by atoms with Crippen molar-refractivity contribution in [2.24, 2.45) is 5.73 Å². The van der Waals surface area contributed by atoms with Crippen LogP contribution < -0.4 is 21.7 Å². The Balaban J connectivity index is 3.14. The Kier molecular flexibility index (Phi) is 20.7. The number of rotatable bonds is 20. The molecule has 0 aromatic rings. The Morgan fingerprint density at radius 1 is 0.607 bits per heavy atom. The molecule has 0 fully saturated rings. The van der Waals surface area contributed by atoms with Crippen LogP contribution in [0.1, 0.15) is 110 Å². The minimum absolute atomic E-state index is 0.00105. The molecule has 0 unspecified atom stereocenters. The number of carbonyl (C=O) groups excluding carboxylic acids is 1. The summed E-state index contributed by atoms with van der Waals surface area (Å²) in [4.78, 5) is 11.6. The van der Waals surface area contributed by atoms with Gasteiger partial charge in [0.1, 0.15) is 0 Å². The van der Waals surface area contributed by atoms with Gasteiger partial charge in [-0.2, -0.15) is 0 Å². The highest BCUT2D eigenvalue weighted by molar-refractivity contribution is 5.74. The van der Waals surface area contributed by atoms with Crippen molar-refractivity contribution in [3.05, 3.63) is 0 Å². The van der Waals surface area contributed by atoms with Gasteiger partial charge in [-0.15, -0.1) is 0 Å². The molecule has 0 aliphatic carbocycles. The number of hydrogen-bond acceptors (Lipinski definition) is 2. The van der Waals surface area contributed by atoms with Crippen molar-refractivity contribution in [2.75, 3.05) is 19.6 Å². The van der Waals surface area contributed by atoms with Crippen LogP contribution in [0.4, 0.5) is 4.79 Å². The molecule has 166 valence electrons. The Morgan fingerprint density at radius 2 is 0.929 bits per heavy atom. The van der Waals surface area contributed by atoms with E-state index in [0.29, 0.717) is 13.1 Å². The van der Waals surface area contributed by atoms with Gasteiger partial charge >= 0.3 is 6.03 Å². The van der Waals surface area contributed by atoms with Gasteiger partial charge in [0.15, 0.2) is 5.96 Å². The van der Waals surface area contributed by atoms with Crippen LogP contribution in [0.2, 0.25) is 0 Å². The molecular formula is C22H47N5O. The number of amides is 2. The van der Waals surface area contributed by atoms with E-state index in [1.165, 1.54) is 83.5 Å². The maximum atomic E-state index is 11.6. The van der Waals surface area contributed by atoms with Gasteiger partial charge in [0.25, 0.3) is 0 Å². The number of nitrogens with one attached hydrogen (secondary N) is 4. The fraction of sp³-hybridized carbons (Fsp3) is 0.909. The number of guanidine groups is 1. The van der Waals surface area contributed by atoms with Gasteiger partial charge in [0.2, 0.25) is 0 Å². The van der Waals surface area contributed by atoms with Crippen LogP contribution in [-0.2, 0) is 0 Å². The summed E-state index contributed by atoms with van der Waals surface area (Å²) in [5, 5.41) is 15.6. The molecule has 0 aliphatic heterocycles. The van der Waals surface area contributed by atoms with Crippen molar-refractivity contribution in [1.29, 1.82) is 5.41 Å². The Bertz CT molecular complexity index is 363. The zero-order valence-corrected chi connectivity index (χ0v) is 18.4. The lowest BCUT2D eigenvalue weighted by Crippen LogP contribution is -2.37. The van der Waals surface area contributed by atoms with E-state index in [0.717, 1.165) is 25.8 Å². The predicted octanol–water partition coefficient (Wildman–Crippen LogP) is 5.03. The first-order valence-corrected chi connectivity index (χ1v) is 11.8. The lowest BCUT2D eigenvalue weighted by atomic mass is 10.0. The minimum atomic E-state index is -0.0748. The van der Waals surface area contributed by atoms with E-state index < -0.39 is 0 Å². The van der Waals surface area contributed by atoms with Crippen molar-refractivity contribution >= 4 is 12.0 Å². The molecule has 0 heterocycles. The molecule has 6 nitrogen and oxygen atoms in total. The van der Waals surface area contributed by atoms with Crippen LogP contribution in [0, 0.1) is 5.41 Å². The Labute approximate surface area is 173 Å². The van der Waals surface area contributed by atoms with Gasteiger partial charge in [-0.1, -0.05) is 90.4 Å². The molecule has 6 heteroatoms. The zero-order valence-electron chi connectivity index (χ0n) is 18.4. The van der Waals surface area contributed by atoms with Crippen LogP contribution in [0.25, 0.3) is 0 Å². The molecule has 28 heavy (non-hydrogen) atoms. The smallest absolute Gasteiger partial charge is 0.314 e. The topological polar surface area (TPSA) is 103 Å². The highest BCUT2D eigenvalue weighted by Gasteiger charge is 1.99. The third kappa shape index (κ3) is 22.6. The van der Waals surface area contributed by atoms with E-state index in [2.05, 4.69) is 22.9 Å². The second kappa shape index (κ2) is 21.8. The average Bonchev–Trinajstić information content (AvgIpc) is 2.67. The van der Waals surface area contributed by atoms with E-state index in [4.69, 9.17) is 11.1 Å². The van der Waals surface area contributed by atoms with Crippen LogP contribution in [0.15, 0.2) is 0 Å². The van der Waals surface area contributed by atoms with Gasteiger partial charge < -0.3 is 21.7 Å². The van der Waals surface area contributed by atoms with Crippen molar-refractivity contribution in [1.82, 2.24) is 16.0 Å². The highest BCUT2D eigenvalue weighted by atomic mass is 16.2. The predicted molar refractivity (Wildman–Crippen MR) is 121 cm³/mol. The van der Waals surface area contributed by atoms with E-state index in [-0.39, 0.29) is 12.0 Å². The summed E-state index contributed by atoms with van der Waals surface area (Å²) in [6.07, 6.45) is 20.7. The first-order valence-electron chi connectivity index (χ1n) is 11.8. The van der Waals surface area contributed by atoms with Crippen molar-refractivity contribution in [3.63, 3.8) is 0 Å². The van der Waals surface area contributed by atoms with E-state index in [1.54, 1.807) is 0 Å². The maximum absolute atomic E-state index is 11.6. The standard InChI is InChI=1S/C22H47N5O/c1-2-3-4-5-6-7-8-9-10-11-12-13-14-15-19-26-22(28)27-20-17-16-18-25-21(23)24/h2-20H2,1H3,(H4,23,24,25)(H2,26,27,28). The van der Waals surface area contributed by atoms with Gasteiger partial charge in [0.05, 0.1) is 0 Å². The highest BCUT2D eigenvalue weighted by Crippen LogP contribution is 2.12. The van der Waals surface area contributed by atoms with Gasteiger partial charge in [-0.25, -0.2) is 4.79 Å². The molecule has 0 atom stereocenters. The maximum Gasteiger partial charge on any atom is 0.314 e. The fourth-order valence-corrected chi connectivity index (χ4v) is 3.26.